The zero-order chi connectivity index (χ0) is 9.68. The second kappa shape index (κ2) is 5.29. The summed E-state index contributed by atoms with van der Waals surface area (Å²) in [6.07, 6.45) is 2.39. The fourth-order valence-corrected chi connectivity index (χ4v) is 1.94. The van der Waals surface area contributed by atoms with Crippen LogP contribution in [0.5, 0.6) is 0 Å². The Balaban J connectivity index is 2.78. The fraction of sp³-hybridized carbons (Fsp3) is 0.500. The molecule has 0 aromatic heterocycles. The van der Waals surface area contributed by atoms with Gasteiger partial charge in [0.05, 0.1) is 0 Å². The molecule has 0 aliphatic carbocycles. The first kappa shape index (κ1) is 10.6. The summed E-state index contributed by atoms with van der Waals surface area (Å²) in [4.78, 5) is 0. The molecule has 0 nitrogen and oxygen atoms in total. The maximum atomic E-state index is 5.93. The Morgan fingerprint density at radius 2 is 2.15 bits per heavy atom. The van der Waals surface area contributed by atoms with Crippen molar-refractivity contribution in [1.82, 2.24) is 0 Å². The molecule has 0 heterocycles. The second-order valence-electron chi connectivity index (χ2n) is 3.55. The molecule has 1 aromatic rings. The summed E-state index contributed by atoms with van der Waals surface area (Å²) in [5, 5.41) is 0. The number of benzene rings is 1. The Morgan fingerprint density at radius 3 is 2.69 bits per heavy atom. The molecule has 0 bridgehead atoms. The van der Waals surface area contributed by atoms with E-state index in [1.807, 2.05) is 0 Å². The molecule has 13 heavy (non-hydrogen) atoms. The average molecular weight is 197 g/mol. The highest BCUT2D eigenvalue weighted by atomic mass is 35.5. The van der Waals surface area contributed by atoms with E-state index in [0.717, 1.165) is 5.88 Å². The zero-order valence-corrected chi connectivity index (χ0v) is 9.14. The van der Waals surface area contributed by atoms with Crippen molar-refractivity contribution >= 4 is 11.6 Å². The van der Waals surface area contributed by atoms with Crippen LogP contribution in [0.15, 0.2) is 24.3 Å². The van der Waals surface area contributed by atoms with Crippen molar-refractivity contribution in [3.05, 3.63) is 35.4 Å². The van der Waals surface area contributed by atoms with E-state index in [9.17, 15) is 0 Å². The normalized spacial score (nSPS) is 12.8. The molecule has 1 rings (SSSR count). The van der Waals surface area contributed by atoms with E-state index in [4.69, 9.17) is 11.6 Å². The summed E-state index contributed by atoms with van der Waals surface area (Å²) >= 11 is 5.93. The van der Waals surface area contributed by atoms with Gasteiger partial charge in [0.15, 0.2) is 0 Å². The van der Waals surface area contributed by atoms with E-state index in [1.54, 1.807) is 0 Å². The van der Waals surface area contributed by atoms with E-state index < -0.39 is 0 Å². The minimum absolute atomic E-state index is 0.534. The molecular formula is C12H17Cl. The van der Waals surface area contributed by atoms with Crippen LogP contribution in [0.4, 0.5) is 0 Å². The van der Waals surface area contributed by atoms with Crippen LogP contribution in [0.1, 0.15) is 36.8 Å². The maximum Gasteiger partial charge on any atom is 0.0292 e. The lowest BCUT2D eigenvalue weighted by Crippen LogP contribution is -2.00. The molecule has 0 amide bonds. The van der Waals surface area contributed by atoms with Crippen LogP contribution in [0, 0.1) is 6.92 Å². The Morgan fingerprint density at radius 1 is 1.38 bits per heavy atom. The van der Waals surface area contributed by atoms with Gasteiger partial charge in [0, 0.05) is 5.88 Å². The number of aryl methyl sites for hydroxylation is 1. The first-order valence-corrected chi connectivity index (χ1v) is 5.44. The highest BCUT2D eigenvalue weighted by molar-refractivity contribution is 6.18. The SMILES string of the molecule is CCCC(CCl)c1cccc(C)c1. The third kappa shape index (κ3) is 3.04. The predicted octanol–water partition coefficient (Wildman–Crippen LogP) is 4.12. The van der Waals surface area contributed by atoms with Crippen molar-refractivity contribution in [3.63, 3.8) is 0 Å². The highest BCUT2D eigenvalue weighted by Crippen LogP contribution is 2.23. The maximum absolute atomic E-state index is 5.93. The molecule has 0 N–H and O–H groups in total. The number of hydrogen-bond donors (Lipinski definition) is 0. The first-order valence-electron chi connectivity index (χ1n) is 4.90. The third-order valence-electron chi connectivity index (χ3n) is 2.34. The van der Waals surface area contributed by atoms with Gasteiger partial charge in [0.25, 0.3) is 0 Å². The molecular weight excluding hydrogens is 180 g/mol. The topological polar surface area (TPSA) is 0 Å². The largest absolute Gasteiger partial charge is 0.126 e. The minimum Gasteiger partial charge on any atom is -0.126 e. The summed E-state index contributed by atoms with van der Waals surface area (Å²) in [5.74, 6) is 1.27. The molecule has 0 aliphatic heterocycles. The van der Waals surface area contributed by atoms with Gasteiger partial charge < -0.3 is 0 Å². The number of halogens is 1. The number of rotatable bonds is 4. The summed E-state index contributed by atoms with van der Waals surface area (Å²) in [6, 6.07) is 8.65. The fourth-order valence-electron chi connectivity index (χ4n) is 1.61. The highest BCUT2D eigenvalue weighted by Gasteiger charge is 2.08. The molecule has 0 saturated heterocycles. The molecule has 0 saturated carbocycles. The van der Waals surface area contributed by atoms with Crippen molar-refractivity contribution in [2.75, 3.05) is 5.88 Å². The monoisotopic (exact) mass is 196 g/mol. The Kier molecular flexibility index (Phi) is 4.31. The van der Waals surface area contributed by atoms with Gasteiger partial charge in [-0.1, -0.05) is 43.2 Å². The minimum atomic E-state index is 0.534. The lowest BCUT2D eigenvalue weighted by Gasteiger charge is -2.13. The summed E-state index contributed by atoms with van der Waals surface area (Å²) in [7, 11) is 0. The average Bonchev–Trinajstić information content (AvgIpc) is 2.14. The van der Waals surface area contributed by atoms with E-state index in [2.05, 4.69) is 38.1 Å². The van der Waals surface area contributed by atoms with Gasteiger partial charge in [-0.15, -0.1) is 11.6 Å². The quantitative estimate of drug-likeness (QED) is 0.636. The van der Waals surface area contributed by atoms with E-state index in [-0.39, 0.29) is 0 Å². The molecule has 0 fully saturated rings. The molecule has 1 atom stereocenters. The van der Waals surface area contributed by atoms with Gasteiger partial charge in [0.2, 0.25) is 0 Å². The Hall–Kier alpha value is -0.490. The zero-order valence-electron chi connectivity index (χ0n) is 8.39. The van der Waals surface area contributed by atoms with Crippen LogP contribution in [-0.4, -0.2) is 5.88 Å². The van der Waals surface area contributed by atoms with Gasteiger partial charge in [-0.2, -0.15) is 0 Å². The van der Waals surface area contributed by atoms with Crippen LogP contribution in [0.25, 0.3) is 0 Å². The first-order chi connectivity index (χ1) is 6.27. The van der Waals surface area contributed by atoms with Gasteiger partial charge >= 0.3 is 0 Å². The molecule has 1 aromatic carbocycles. The smallest absolute Gasteiger partial charge is 0.0292 e. The summed E-state index contributed by atoms with van der Waals surface area (Å²) in [5.41, 5.74) is 2.71. The number of hydrogen-bond acceptors (Lipinski definition) is 0. The molecule has 0 aliphatic rings. The van der Waals surface area contributed by atoms with Crippen LogP contribution in [0.2, 0.25) is 0 Å². The number of alkyl halides is 1. The van der Waals surface area contributed by atoms with Crippen molar-refractivity contribution in [2.45, 2.75) is 32.6 Å². The van der Waals surface area contributed by atoms with E-state index in [1.165, 1.54) is 24.0 Å². The molecule has 1 unspecified atom stereocenters. The Bertz CT molecular complexity index is 255. The Labute approximate surface area is 85.9 Å². The van der Waals surface area contributed by atoms with Gasteiger partial charge in [-0.25, -0.2) is 0 Å². The van der Waals surface area contributed by atoms with Crippen molar-refractivity contribution in [3.8, 4) is 0 Å². The van der Waals surface area contributed by atoms with Crippen LogP contribution >= 0.6 is 11.6 Å². The lowest BCUT2D eigenvalue weighted by molar-refractivity contribution is 0.670. The third-order valence-corrected chi connectivity index (χ3v) is 2.71. The van der Waals surface area contributed by atoms with Gasteiger partial charge in [-0.3, -0.25) is 0 Å². The molecule has 72 valence electrons. The van der Waals surface area contributed by atoms with Gasteiger partial charge in [0.1, 0.15) is 0 Å². The summed E-state index contributed by atoms with van der Waals surface area (Å²) in [6.45, 7) is 4.33. The predicted molar refractivity (Wildman–Crippen MR) is 59.5 cm³/mol. The van der Waals surface area contributed by atoms with Crippen LogP contribution in [0.3, 0.4) is 0 Å². The molecule has 1 heteroatoms. The summed E-state index contributed by atoms with van der Waals surface area (Å²) < 4.78 is 0. The van der Waals surface area contributed by atoms with Crippen molar-refractivity contribution in [2.24, 2.45) is 0 Å². The van der Waals surface area contributed by atoms with Crippen LogP contribution in [-0.2, 0) is 0 Å². The van der Waals surface area contributed by atoms with Crippen molar-refractivity contribution < 1.29 is 0 Å². The van der Waals surface area contributed by atoms with E-state index >= 15 is 0 Å². The standard InChI is InChI=1S/C12H17Cl/c1-3-5-12(9-13)11-7-4-6-10(2)8-11/h4,6-8,12H,3,5,9H2,1-2H3. The second-order valence-corrected chi connectivity index (χ2v) is 3.86. The van der Waals surface area contributed by atoms with Gasteiger partial charge in [-0.05, 0) is 24.8 Å². The molecule has 0 radical (unpaired) electrons. The lowest BCUT2D eigenvalue weighted by atomic mass is 9.95. The van der Waals surface area contributed by atoms with Crippen molar-refractivity contribution in [1.29, 1.82) is 0 Å². The molecule has 0 spiro atoms. The van der Waals surface area contributed by atoms with E-state index in [0.29, 0.717) is 5.92 Å². The van der Waals surface area contributed by atoms with Crippen LogP contribution < -0.4 is 0 Å².